The van der Waals surface area contributed by atoms with Crippen molar-refractivity contribution >= 4 is 54.7 Å². The van der Waals surface area contributed by atoms with Gasteiger partial charge in [-0.2, -0.15) is 4.99 Å². The van der Waals surface area contributed by atoms with E-state index >= 15 is 0 Å². The number of anilines is 1. The number of thiazole rings is 1. The Morgan fingerprint density at radius 1 is 1.32 bits per heavy atom. The molecule has 0 aliphatic heterocycles. The summed E-state index contributed by atoms with van der Waals surface area (Å²) in [5, 5.41) is 16.8. The van der Waals surface area contributed by atoms with E-state index in [-0.39, 0.29) is 16.3 Å². The number of carbonyl (C=O) groups excluding carboxylic acids is 2. The van der Waals surface area contributed by atoms with Crippen LogP contribution in [0.15, 0.2) is 33.8 Å². The van der Waals surface area contributed by atoms with E-state index in [0.29, 0.717) is 22.5 Å². The van der Waals surface area contributed by atoms with Crippen LogP contribution in [0.25, 0.3) is 10.2 Å². The van der Waals surface area contributed by atoms with Crippen molar-refractivity contribution in [1.82, 2.24) is 9.72 Å². The molecule has 3 rings (SSSR count). The van der Waals surface area contributed by atoms with Crippen LogP contribution in [0.3, 0.4) is 0 Å². The lowest BCUT2D eigenvalue weighted by Gasteiger charge is -2.02. The third-order valence-corrected chi connectivity index (χ3v) is 6.43. The van der Waals surface area contributed by atoms with Crippen molar-refractivity contribution in [3.63, 3.8) is 0 Å². The Kier molecular flexibility index (Phi) is 6.31. The first-order chi connectivity index (χ1) is 14.6. The number of hydrogen-bond donors (Lipinski definition) is 1. The van der Waals surface area contributed by atoms with Gasteiger partial charge in [-0.1, -0.05) is 16.5 Å². The maximum atomic E-state index is 12.3. The normalized spacial score (nSPS) is 12.3. The largest absolute Gasteiger partial charge is 0.360 e. The van der Waals surface area contributed by atoms with Crippen LogP contribution >= 0.6 is 11.3 Å². The molecule has 2 heterocycles. The Hall–Kier alpha value is -3.39. The molecule has 1 aromatic carbocycles. The molecule has 0 saturated carbocycles. The van der Waals surface area contributed by atoms with Crippen LogP contribution in [-0.4, -0.2) is 46.4 Å². The number of nitro benzene ring substituents is 1. The summed E-state index contributed by atoms with van der Waals surface area (Å²) < 4.78 is 31.4. The van der Waals surface area contributed by atoms with E-state index in [9.17, 15) is 28.1 Å². The molecule has 2 aromatic heterocycles. The summed E-state index contributed by atoms with van der Waals surface area (Å²) in [4.78, 5) is 38.7. The summed E-state index contributed by atoms with van der Waals surface area (Å²) in [7, 11) is -4.09. The molecular formula is C17H17N5O7S2. The van der Waals surface area contributed by atoms with Crippen LogP contribution in [0, 0.1) is 17.0 Å². The number of aryl methyl sites for hydroxylation is 2. The quantitative estimate of drug-likeness (QED) is 0.402. The van der Waals surface area contributed by atoms with Gasteiger partial charge in [-0.3, -0.25) is 19.7 Å². The monoisotopic (exact) mass is 467 g/mol. The number of amides is 2. The molecule has 0 unspecified atom stereocenters. The minimum atomic E-state index is -4.09. The van der Waals surface area contributed by atoms with Gasteiger partial charge in [0.05, 0.1) is 15.1 Å². The molecule has 1 N–H and O–H groups in total. The van der Waals surface area contributed by atoms with Gasteiger partial charge in [-0.15, -0.1) is 0 Å². The maximum Gasteiger partial charge on any atom is 0.270 e. The van der Waals surface area contributed by atoms with E-state index in [1.165, 1.54) is 18.2 Å². The molecule has 2 amide bonds. The van der Waals surface area contributed by atoms with Crippen LogP contribution in [0.5, 0.6) is 0 Å². The van der Waals surface area contributed by atoms with E-state index < -0.39 is 38.1 Å². The van der Waals surface area contributed by atoms with Crippen molar-refractivity contribution in [2.45, 2.75) is 20.4 Å². The van der Waals surface area contributed by atoms with Gasteiger partial charge in [-0.25, -0.2) is 8.42 Å². The van der Waals surface area contributed by atoms with Crippen molar-refractivity contribution < 1.29 is 27.5 Å². The van der Waals surface area contributed by atoms with Gasteiger partial charge in [0.1, 0.15) is 17.3 Å². The summed E-state index contributed by atoms with van der Waals surface area (Å²) in [6.45, 7) is 3.81. The lowest BCUT2D eigenvalue weighted by atomic mass is 10.3. The van der Waals surface area contributed by atoms with Gasteiger partial charge in [-0.05, 0) is 19.9 Å². The Balaban J connectivity index is 1.78. The third-order valence-electron chi connectivity index (χ3n) is 4.00. The zero-order chi connectivity index (χ0) is 22.8. The number of carbonyl (C=O) groups is 2. The minimum Gasteiger partial charge on any atom is -0.360 e. The topological polar surface area (TPSA) is 167 Å². The molecule has 31 heavy (non-hydrogen) atoms. The molecule has 0 bridgehead atoms. The predicted molar refractivity (Wildman–Crippen MR) is 111 cm³/mol. The smallest absolute Gasteiger partial charge is 0.270 e. The molecule has 0 atom stereocenters. The number of sulfone groups is 1. The number of nitrogens with one attached hydrogen (secondary N) is 1. The fraction of sp³-hybridized carbons (Fsp3) is 0.294. The Bertz CT molecular complexity index is 1350. The average molecular weight is 467 g/mol. The maximum absolute atomic E-state index is 12.3. The number of fused-ring (bicyclic) bond motifs is 1. The van der Waals surface area contributed by atoms with Crippen molar-refractivity contribution in [2.24, 2.45) is 4.99 Å². The van der Waals surface area contributed by atoms with Crippen molar-refractivity contribution in [1.29, 1.82) is 0 Å². The highest BCUT2D eigenvalue weighted by molar-refractivity contribution is 7.92. The zero-order valence-electron chi connectivity index (χ0n) is 16.4. The molecule has 164 valence electrons. The minimum absolute atomic E-state index is 0.0667. The molecule has 12 nitrogen and oxygen atoms in total. The van der Waals surface area contributed by atoms with Crippen molar-refractivity contribution in [3.8, 4) is 0 Å². The lowest BCUT2D eigenvalue weighted by molar-refractivity contribution is -0.384. The number of aromatic nitrogens is 2. The van der Waals surface area contributed by atoms with E-state index in [1.807, 2.05) is 0 Å². The van der Waals surface area contributed by atoms with Gasteiger partial charge >= 0.3 is 0 Å². The molecule has 0 aliphatic rings. The number of nitro groups is 1. The highest BCUT2D eigenvalue weighted by Gasteiger charge is 2.22. The molecule has 3 aromatic rings. The summed E-state index contributed by atoms with van der Waals surface area (Å²) in [5.41, 5.74) is 0.528. The van der Waals surface area contributed by atoms with Crippen LogP contribution < -0.4 is 10.1 Å². The molecule has 14 heteroatoms. The third kappa shape index (κ3) is 5.40. The van der Waals surface area contributed by atoms with E-state index in [2.05, 4.69) is 15.5 Å². The van der Waals surface area contributed by atoms with Gasteiger partial charge in [0, 0.05) is 24.7 Å². The Labute approximate surface area is 179 Å². The second kappa shape index (κ2) is 8.77. The number of nitrogens with zero attached hydrogens (tertiary/aromatic N) is 4. The lowest BCUT2D eigenvalue weighted by Crippen LogP contribution is -2.28. The predicted octanol–water partition coefficient (Wildman–Crippen LogP) is 1.41. The van der Waals surface area contributed by atoms with Crippen LogP contribution in [0.4, 0.5) is 11.5 Å². The molecule has 0 radical (unpaired) electrons. The van der Waals surface area contributed by atoms with E-state index in [4.69, 9.17) is 4.52 Å². The fourth-order valence-corrected chi connectivity index (χ4v) is 4.91. The average Bonchev–Trinajstić information content (AvgIpc) is 3.21. The van der Waals surface area contributed by atoms with Crippen molar-refractivity contribution in [2.75, 3.05) is 16.8 Å². The van der Waals surface area contributed by atoms with Gasteiger partial charge in [0.25, 0.3) is 11.6 Å². The molecule has 0 fully saturated rings. The first kappa shape index (κ1) is 22.3. The molecular weight excluding hydrogens is 450 g/mol. The SMILES string of the molecule is CCn1c(=NC(=O)CS(=O)(=O)CC(=O)Nc2cc(C)on2)sc2cc([N+](=O)[O-])ccc21. The first-order valence-electron chi connectivity index (χ1n) is 8.87. The summed E-state index contributed by atoms with van der Waals surface area (Å²) >= 11 is 1.03. The van der Waals surface area contributed by atoms with Crippen LogP contribution in [0.2, 0.25) is 0 Å². The fourth-order valence-electron chi connectivity index (χ4n) is 2.75. The highest BCUT2D eigenvalue weighted by atomic mass is 32.2. The number of benzene rings is 1. The molecule has 0 spiro atoms. The summed E-state index contributed by atoms with van der Waals surface area (Å²) in [6.07, 6.45) is 0. The van der Waals surface area contributed by atoms with Crippen molar-refractivity contribution in [3.05, 3.63) is 44.9 Å². The zero-order valence-corrected chi connectivity index (χ0v) is 18.0. The molecule has 0 saturated heterocycles. The summed E-state index contributed by atoms with van der Waals surface area (Å²) in [5.74, 6) is -3.20. The standard InChI is InChI=1S/C17H17N5O7S2/c1-3-21-12-5-4-11(22(25)26)7-13(12)30-17(21)19-16(24)9-31(27,28)8-15(23)18-14-6-10(2)29-20-14/h4-7H,3,8-9H2,1-2H3,(H,18,20,23). The highest BCUT2D eigenvalue weighted by Crippen LogP contribution is 2.23. The van der Waals surface area contributed by atoms with E-state index in [1.54, 1.807) is 24.5 Å². The van der Waals surface area contributed by atoms with Gasteiger partial charge in [0.2, 0.25) is 5.91 Å². The van der Waals surface area contributed by atoms with Gasteiger partial charge < -0.3 is 14.4 Å². The second-order valence-corrected chi connectivity index (χ2v) is 9.52. The van der Waals surface area contributed by atoms with Crippen LogP contribution in [0.1, 0.15) is 12.7 Å². The number of hydrogen-bond acceptors (Lipinski definition) is 9. The Morgan fingerprint density at radius 3 is 2.68 bits per heavy atom. The van der Waals surface area contributed by atoms with Gasteiger partial charge in [0.15, 0.2) is 20.5 Å². The van der Waals surface area contributed by atoms with Crippen LogP contribution in [-0.2, 0) is 26.0 Å². The Morgan fingerprint density at radius 2 is 2.06 bits per heavy atom. The summed E-state index contributed by atoms with van der Waals surface area (Å²) in [6, 6.07) is 5.67. The molecule has 0 aliphatic carbocycles. The van der Waals surface area contributed by atoms with E-state index in [0.717, 1.165) is 11.3 Å². The second-order valence-electron chi connectivity index (χ2n) is 6.45. The first-order valence-corrected chi connectivity index (χ1v) is 11.5. The number of non-ortho nitro benzene ring substituents is 1. The number of rotatable bonds is 7.